The van der Waals surface area contributed by atoms with Crippen LogP contribution in [0.2, 0.25) is 0 Å². The minimum absolute atomic E-state index is 0.0472. The van der Waals surface area contributed by atoms with Crippen LogP contribution < -0.4 is 4.90 Å². The summed E-state index contributed by atoms with van der Waals surface area (Å²) in [4.78, 5) is 16.9. The first-order valence-corrected chi connectivity index (χ1v) is 6.69. The molecule has 0 radical (unpaired) electrons. The van der Waals surface area contributed by atoms with Crippen LogP contribution in [0.3, 0.4) is 0 Å². The molecule has 110 valence electrons. The van der Waals surface area contributed by atoms with Crippen LogP contribution in [0.4, 0.5) is 11.4 Å². The quantitative estimate of drug-likeness (QED) is 0.677. The molecular formula is C14H15N3O4. The zero-order valence-electron chi connectivity index (χ0n) is 11.3. The summed E-state index contributed by atoms with van der Waals surface area (Å²) in [7, 11) is 0. The van der Waals surface area contributed by atoms with Crippen molar-refractivity contribution in [1.82, 2.24) is 4.98 Å². The van der Waals surface area contributed by atoms with Gasteiger partial charge in [0.1, 0.15) is 11.9 Å². The Bertz CT molecular complexity index is 676. The van der Waals surface area contributed by atoms with Crippen molar-refractivity contribution in [1.29, 1.82) is 0 Å². The lowest BCUT2D eigenvalue weighted by atomic mass is 10.1. The minimum atomic E-state index is -0.432. The molecule has 0 spiro atoms. The Kier molecular flexibility index (Phi) is 3.68. The number of rotatable bonds is 3. The van der Waals surface area contributed by atoms with E-state index in [0.717, 1.165) is 0 Å². The number of fused-ring (bicyclic) bond motifs is 1. The summed E-state index contributed by atoms with van der Waals surface area (Å²) in [5.74, 6) is 0. The number of benzene rings is 1. The fourth-order valence-electron chi connectivity index (χ4n) is 2.65. The predicted octanol–water partition coefficient (Wildman–Crippen LogP) is 1.34. The first-order chi connectivity index (χ1) is 10.2. The maximum Gasteiger partial charge on any atom is 0.311 e. The molecule has 1 saturated heterocycles. The monoisotopic (exact) mass is 289 g/mol. The normalized spacial score (nSPS) is 18.9. The van der Waals surface area contributed by atoms with Gasteiger partial charge in [-0.1, -0.05) is 18.2 Å². The molecule has 0 saturated carbocycles. The van der Waals surface area contributed by atoms with E-state index in [-0.39, 0.29) is 18.3 Å². The van der Waals surface area contributed by atoms with Crippen molar-refractivity contribution >= 4 is 22.3 Å². The molecule has 1 aliphatic heterocycles. The molecule has 2 aromatic rings. The second kappa shape index (κ2) is 5.63. The van der Waals surface area contributed by atoms with Gasteiger partial charge in [0.05, 0.1) is 36.3 Å². The van der Waals surface area contributed by atoms with Gasteiger partial charge in [-0.05, 0) is 6.07 Å². The Balaban J connectivity index is 2.22. The van der Waals surface area contributed by atoms with Crippen molar-refractivity contribution in [2.75, 3.05) is 31.3 Å². The SMILES string of the molecule is O=[N+]([O-])c1cnc2ccccc2c1N1CCOCC1CO. The molecular weight excluding hydrogens is 274 g/mol. The highest BCUT2D eigenvalue weighted by molar-refractivity contribution is 5.96. The average Bonchev–Trinajstić information content (AvgIpc) is 2.53. The number of aliphatic hydroxyl groups is 1. The molecule has 1 aromatic carbocycles. The van der Waals surface area contributed by atoms with Crippen molar-refractivity contribution in [2.24, 2.45) is 0 Å². The number of para-hydroxylation sites is 1. The molecule has 2 heterocycles. The number of anilines is 1. The maximum absolute atomic E-state index is 11.3. The standard InChI is InChI=1S/C14H15N3O4/c18-8-10-9-21-6-5-16(10)14-11-3-1-2-4-12(11)15-7-13(14)17(19)20/h1-4,7,10,18H,5-6,8-9H2. The lowest BCUT2D eigenvalue weighted by molar-refractivity contribution is -0.384. The third-order valence-corrected chi connectivity index (χ3v) is 3.65. The summed E-state index contributed by atoms with van der Waals surface area (Å²) in [5, 5.41) is 21.6. The lowest BCUT2D eigenvalue weighted by Crippen LogP contribution is -2.48. The van der Waals surface area contributed by atoms with E-state index in [4.69, 9.17) is 4.74 Å². The second-order valence-electron chi connectivity index (χ2n) is 4.87. The molecule has 7 heteroatoms. The Morgan fingerprint density at radius 1 is 1.48 bits per heavy atom. The molecule has 0 amide bonds. The van der Waals surface area contributed by atoms with Crippen molar-refractivity contribution in [3.8, 4) is 0 Å². The number of pyridine rings is 1. The Hall–Kier alpha value is -2.25. The first kappa shape index (κ1) is 13.7. The fraction of sp³-hybridized carbons (Fsp3) is 0.357. The summed E-state index contributed by atoms with van der Waals surface area (Å²) < 4.78 is 5.35. The molecule has 3 rings (SSSR count). The number of nitrogens with zero attached hydrogens (tertiary/aromatic N) is 3. The average molecular weight is 289 g/mol. The highest BCUT2D eigenvalue weighted by Gasteiger charge is 2.30. The molecule has 0 aliphatic carbocycles. The molecule has 21 heavy (non-hydrogen) atoms. The summed E-state index contributed by atoms with van der Waals surface area (Å²) in [6.07, 6.45) is 1.28. The molecule has 1 unspecified atom stereocenters. The zero-order valence-corrected chi connectivity index (χ0v) is 11.3. The van der Waals surface area contributed by atoms with Crippen molar-refractivity contribution < 1.29 is 14.8 Å². The largest absolute Gasteiger partial charge is 0.394 e. The Labute approximate surface area is 120 Å². The molecule has 1 fully saturated rings. The summed E-state index contributed by atoms with van der Waals surface area (Å²) >= 11 is 0. The van der Waals surface area contributed by atoms with Gasteiger partial charge in [0.2, 0.25) is 0 Å². The van der Waals surface area contributed by atoms with Crippen LogP contribution in [-0.4, -0.2) is 47.4 Å². The van der Waals surface area contributed by atoms with Gasteiger partial charge in [0, 0.05) is 11.9 Å². The molecule has 1 atom stereocenters. The van der Waals surface area contributed by atoms with Gasteiger partial charge in [-0.15, -0.1) is 0 Å². The van der Waals surface area contributed by atoms with Crippen LogP contribution in [0.15, 0.2) is 30.5 Å². The Morgan fingerprint density at radius 3 is 3.05 bits per heavy atom. The smallest absolute Gasteiger partial charge is 0.311 e. The lowest BCUT2D eigenvalue weighted by Gasteiger charge is -2.36. The van der Waals surface area contributed by atoms with Crippen LogP contribution in [0, 0.1) is 10.1 Å². The molecule has 1 N–H and O–H groups in total. The van der Waals surface area contributed by atoms with E-state index in [2.05, 4.69) is 4.98 Å². The number of aliphatic hydroxyl groups excluding tert-OH is 1. The maximum atomic E-state index is 11.3. The second-order valence-corrected chi connectivity index (χ2v) is 4.87. The zero-order chi connectivity index (χ0) is 14.8. The number of ether oxygens (including phenoxy) is 1. The van der Waals surface area contributed by atoms with Crippen molar-refractivity contribution in [3.63, 3.8) is 0 Å². The van der Waals surface area contributed by atoms with Crippen molar-refractivity contribution in [2.45, 2.75) is 6.04 Å². The third kappa shape index (κ3) is 2.41. The van der Waals surface area contributed by atoms with Gasteiger partial charge in [0.15, 0.2) is 0 Å². The van der Waals surface area contributed by atoms with E-state index in [0.29, 0.717) is 36.3 Å². The van der Waals surface area contributed by atoms with Crippen molar-refractivity contribution in [3.05, 3.63) is 40.6 Å². The van der Waals surface area contributed by atoms with Gasteiger partial charge < -0.3 is 14.7 Å². The van der Waals surface area contributed by atoms with Gasteiger partial charge in [-0.25, -0.2) is 4.98 Å². The summed E-state index contributed by atoms with van der Waals surface area (Å²) in [6.45, 7) is 1.21. The van der Waals surface area contributed by atoms with E-state index in [9.17, 15) is 15.2 Å². The van der Waals surface area contributed by atoms with Crippen LogP contribution in [0.5, 0.6) is 0 Å². The van der Waals surface area contributed by atoms with Gasteiger partial charge in [0.25, 0.3) is 0 Å². The van der Waals surface area contributed by atoms with Gasteiger partial charge >= 0.3 is 5.69 Å². The van der Waals surface area contributed by atoms with Crippen LogP contribution >= 0.6 is 0 Å². The van der Waals surface area contributed by atoms with Crippen LogP contribution in [-0.2, 0) is 4.74 Å². The highest BCUT2D eigenvalue weighted by atomic mass is 16.6. The number of morpholine rings is 1. The molecule has 1 aliphatic rings. The highest BCUT2D eigenvalue weighted by Crippen LogP contribution is 2.36. The van der Waals surface area contributed by atoms with E-state index in [1.165, 1.54) is 6.20 Å². The molecule has 7 nitrogen and oxygen atoms in total. The number of hydrogen-bond donors (Lipinski definition) is 1. The third-order valence-electron chi connectivity index (χ3n) is 3.65. The van der Waals surface area contributed by atoms with Crippen LogP contribution in [0.25, 0.3) is 10.9 Å². The van der Waals surface area contributed by atoms with E-state index < -0.39 is 4.92 Å². The number of aromatic nitrogens is 1. The summed E-state index contributed by atoms with van der Waals surface area (Å²) in [5.41, 5.74) is 1.16. The topological polar surface area (TPSA) is 88.7 Å². The van der Waals surface area contributed by atoms with E-state index in [1.54, 1.807) is 0 Å². The van der Waals surface area contributed by atoms with Gasteiger partial charge in [-0.3, -0.25) is 10.1 Å². The fourth-order valence-corrected chi connectivity index (χ4v) is 2.65. The predicted molar refractivity (Wildman–Crippen MR) is 77.4 cm³/mol. The van der Waals surface area contributed by atoms with E-state index in [1.807, 2.05) is 29.2 Å². The van der Waals surface area contributed by atoms with E-state index >= 15 is 0 Å². The number of hydrogen-bond acceptors (Lipinski definition) is 6. The van der Waals surface area contributed by atoms with Gasteiger partial charge in [-0.2, -0.15) is 0 Å². The Morgan fingerprint density at radius 2 is 2.29 bits per heavy atom. The first-order valence-electron chi connectivity index (χ1n) is 6.69. The summed E-state index contributed by atoms with van der Waals surface area (Å²) in [6, 6.07) is 7.01. The molecule has 0 bridgehead atoms. The van der Waals surface area contributed by atoms with Crippen LogP contribution in [0.1, 0.15) is 0 Å². The molecule has 1 aromatic heterocycles. The minimum Gasteiger partial charge on any atom is -0.394 e. The number of nitro groups is 1.